The molecule has 0 bridgehead atoms. The summed E-state index contributed by atoms with van der Waals surface area (Å²) in [7, 11) is 0. The van der Waals surface area contributed by atoms with E-state index in [1.54, 1.807) is 24.3 Å². The smallest absolute Gasteiger partial charge is 0.255 e. The van der Waals surface area contributed by atoms with Crippen LogP contribution in [0.4, 0.5) is 0 Å². The number of carbonyl (C=O) groups is 1. The van der Waals surface area contributed by atoms with E-state index >= 15 is 0 Å². The minimum absolute atomic E-state index is 0.155. The Morgan fingerprint density at radius 3 is 2.78 bits per heavy atom. The number of amides is 1. The molecule has 1 heterocycles. The van der Waals surface area contributed by atoms with Gasteiger partial charge in [0.05, 0.1) is 5.71 Å². The van der Waals surface area contributed by atoms with Gasteiger partial charge in [-0.1, -0.05) is 0 Å². The van der Waals surface area contributed by atoms with Crippen LogP contribution in [-0.2, 0) is 4.79 Å². The van der Waals surface area contributed by atoms with Gasteiger partial charge < -0.3 is 20.7 Å². The average molecular weight is 246 g/mol. The SMILES string of the molecule is NC(=O)COc1ccc(C2=NC=CN([O-])C2)cc1. The molecule has 0 spiro atoms. The fraction of sp³-hybridized carbons (Fsp3) is 0.167. The highest BCUT2D eigenvalue weighted by molar-refractivity contribution is 6.03. The van der Waals surface area contributed by atoms with Gasteiger partial charge in [-0.2, -0.15) is 0 Å². The number of hydrogen-bond acceptors (Lipinski definition) is 5. The maximum Gasteiger partial charge on any atom is 0.255 e. The first-order valence-electron chi connectivity index (χ1n) is 5.34. The van der Waals surface area contributed by atoms with Crippen LogP contribution in [0.1, 0.15) is 5.56 Å². The molecule has 0 fully saturated rings. The predicted molar refractivity (Wildman–Crippen MR) is 66.9 cm³/mol. The topological polar surface area (TPSA) is 91.0 Å². The molecule has 1 aromatic rings. The number of benzene rings is 1. The van der Waals surface area contributed by atoms with Crippen LogP contribution in [0.3, 0.4) is 0 Å². The Labute approximate surface area is 104 Å². The summed E-state index contributed by atoms with van der Waals surface area (Å²) in [6.07, 6.45) is 2.83. The number of rotatable bonds is 4. The third-order valence-corrected chi connectivity index (χ3v) is 2.34. The Balaban J connectivity index is 2.05. The first-order chi connectivity index (χ1) is 8.65. The first-order valence-corrected chi connectivity index (χ1v) is 5.34. The van der Waals surface area contributed by atoms with Gasteiger partial charge in [-0.3, -0.25) is 9.79 Å². The van der Waals surface area contributed by atoms with Gasteiger partial charge in [0, 0.05) is 18.9 Å². The van der Waals surface area contributed by atoms with Crippen molar-refractivity contribution in [2.45, 2.75) is 0 Å². The number of nitrogens with two attached hydrogens (primary N) is 1. The molecule has 2 N–H and O–H groups in total. The number of aliphatic imine (C=N–C) groups is 1. The van der Waals surface area contributed by atoms with Gasteiger partial charge in [-0.15, -0.1) is 0 Å². The third kappa shape index (κ3) is 3.08. The Morgan fingerprint density at radius 2 is 2.17 bits per heavy atom. The van der Waals surface area contributed by atoms with Crippen LogP contribution in [0, 0.1) is 5.21 Å². The van der Waals surface area contributed by atoms with Gasteiger partial charge in [0.15, 0.2) is 6.61 Å². The minimum atomic E-state index is -0.525. The van der Waals surface area contributed by atoms with E-state index in [1.165, 1.54) is 12.4 Å². The molecule has 0 aromatic heterocycles. The minimum Gasteiger partial charge on any atom is -0.758 e. The van der Waals surface area contributed by atoms with E-state index in [0.717, 1.165) is 10.6 Å². The standard InChI is InChI=1S/C12H12N3O3/c13-12(16)8-18-10-3-1-9(2-4-10)11-7-15(17)6-5-14-11/h1-6H,7-8H2,(H2,13,16)/q-1. The Morgan fingerprint density at radius 1 is 1.44 bits per heavy atom. The molecule has 1 aromatic carbocycles. The molecule has 1 aliphatic rings. The molecule has 0 atom stereocenters. The van der Waals surface area contributed by atoms with Crippen molar-refractivity contribution < 1.29 is 9.53 Å². The van der Waals surface area contributed by atoms with Crippen LogP contribution in [-0.4, -0.2) is 29.8 Å². The second-order valence-electron chi connectivity index (χ2n) is 3.73. The van der Waals surface area contributed by atoms with Crippen molar-refractivity contribution in [1.29, 1.82) is 0 Å². The summed E-state index contributed by atoms with van der Waals surface area (Å²) in [5.41, 5.74) is 6.50. The molecular formula is C12H12N3O3-. The molecule has 0 saturated heterocycles. The number of primary amides is 1. The third-order valence-electron chi connectivity index (χ3n) is 2.34. The van der Waals surface area contributed by atoms with Crippen molar-refractivity contribution in [3.05, 3.63) is 47.4 Å². The average Bonchev–Trinajstić information content (AvgIpc) is 2.37. The van der Waals surface area contributed by atoms with Gasteiger partial charge in [-0.05, 0) is 29.8 Å². The normalized spacial score (nSPS) is 14.3. The lowest BCUT2D eigenvalue weighted by atomic mass is 10.1. The van der Waals surface area contributed by atoms with E-state index < -0.39 is 5.91 Å². The fourth-order valence-corrected chi connectivity index (χ4v) is 1.50. The van der Waals surface area contributed by atoms with Crippen LogP contribution in [0.5, 0.6) is 5.75 Å². The summed E-state index contributed by atoms with van der Waals surface area (Å²) >= 11 is 0. The maximum absolute atomic E-state index is 11.2. The number of hydrogen-bond donors (Lipinski definition) is 1. The Hall–Kier alpha value is -2.34. The molecule has 18 heavy (non-hydrogen) atoms. The highest BCUT2D eigenvalue weighted by Crippen LogP contribution is 2.14. The zero-order chi connectivity index (χ0) is 13.0. The highest BCUT2D eigenvalue weighted by atomic mass is 16.5. The molecule has 6 heteroatoms. The molecule has 1 amide bonds. The second kappa shape index (κ2) is 5.33. The summed E-state index contributed by atoms with van der Waals surface area (Å²) in [5, 5.41) is 12.0. The summed E-state index contributed by atoms with van der Waals surface area (Å²) in [5.74, 6) is 0.0198. The van der Waals surface area contributed by atoms with Gasteiger partial charge >= 0.3 is 0 Å². The van der Waals surface area contributed by atoms with E-state index in [1.807, 2.05) is 0 Å². The van der Waals surface area contributed by atoms with E-state index in [4.69, 9.17) is 10.5 Å². The molecule has 0 unspecified atom stereocenters. The van der Waals surface area contributed by atoms with E-state index in [-0.39, 0.29) is 13.2 Å². The second-order valence-corrected chi connectivity index (χ2v) is 3.73. The van der Waals surface area contributed by atoms with Crippen molar-refractivity contribution in [2.24, 2.45) is 10.7 Å². The van der Waals surface area contributed by atoms with E-state index in [2.05, 4.69) is 4.99 Å². The number of hydroxylamine groups is 2. The lowest BCUT2D eigenvalue weighted by molar-refractivity contribution is -0.119. The molecule has 6 nitrogen and oxygen atoms in total. The van der Waals surface area contributed by atoms with E-state index in [0.29, 0.717) is 11.5 Å². The van der Waals surface area contributed by atoms with Crippen molar-refractivity contribution >= 4 is 11.6 Å². The largest absolute Gasteiger partial charge is 0.758 e. The zero-order valence-corrected chi connectivity index (χ0v) is 9.57. The van der Waals surface area contributed by atoms with Crippen molar-refractivity contribution in [3.8, 4) is 5.75 Å². The predicted octanol–water partition coefficient (Wildman–Crippen LogP) is 0.624. The first kappa shape index (κ1) is 12.1. The van der Waals surface area contributed by atoms with Crippen LogP contribution < -0.4 is 10.5 Å². The lowest BCUT2D eigenvalue weighted by Crippen LogP contribution is -2.22. The lowest BCUT2D eigenvalue weighted by Gasteiger charge is -2.28. The van der Waals surface area contributed by atoms with Gasteiger partial charge in [0.25, 0.3) is 5.91 Å². The Bertz CT molecular complexity index is 494. The summed E-state index contributed by atoms with van der Waals surface area (Å²) in [6, 6.07) is 6.97. The highest BCUT2D eigenvalue weighted by Gasteiger charge is 2.06. The quantitative estimate of drug-likeness (QED) is 0.843. The molecule has 2 rings (SSSR count). The van der Waals surface area contributed by atoms with Crippen molar-refractivity contribution in [1.82, 2.24) is 5.06 Å². The fourth-order valence-electron chi connectivity index (χ4n) is 1.50. The van der Waals surface area contributed by atoms with Crippen molar-refractivity contribution in [3.63, 3.8) is 0 Å². The van der Waals surface area contributed by atoms with Crippen LogP contribution in [0.25, 0.3) is 0 Å². The number of nitrogens with zero attached hydrogens (tertiary/aromatic N) is 2. The maximum atomic E-state index is 11.2. The number of carbonyl (C=O) groups excluding carboxylic acids is 1. The monoisotopic (exact) mass is 246 g/mol. The Kier molecular flexibility index (Phi) is 3.59. The van der Waals surface area contributed by atoms with Crippen LogP contribution >= 0.6 is 0 Å². The van der Waals surface area contributed by atoms with Crippen LogP contribution in [0.2, 0.25) is 0 Å². The van der Waals surface area contributed by atoms with Crippen LogP contribution in [0.15, 0.2) is 41.7 Å². The molecular weight excluding hydrogens is 234 g/mol. The van der Waals surface area contributed by atoms with Crippen molar-refractivity contribution in [2.75, 3.05) is 13.2 Å². The molecule has 1 aliphatic heterocycles. The molecule has 0 radical (unpaired) electrons. The summed E-state index contributed by atoms with van der Waals surface area (Å²) in [6.45, 7) is 0.0648. The van der Waals surface area contributed by atoms with Gasteiger partial charge in [0.1, 0.15) is 5.75 Å². The number of ether oxygens (including phenoxy) is 1. The summed E-state index contributed by atoms with van der Waals surface area (Å²) < 4.78 is 5.13. The molecule has 94 valence electrons. The van der Waals surface area contributed by atoms with E-state index in [9.17, 15) is 10.0 Å². The molecule has 0 aliphatic carbocycles. The summed E-state index contributed by atoms with van der Waals surface area (Å²) in [4.78, 5) is 14.7. The molecule has 0 saturated carbocycles. The van der Waals surface area contributed by atoms with Gasteiger partial charge in [0.2, 0.25) is 0 Å². The van der Waals surface area contributed by atoms with Gasteiger partial charge in [-0.25, -0.2) is 0 Å². The zero-order valence-electron chi connectivity index (χ0n) is 9.57.